The Balaban J connectivity index is 2.20. The molecule has 0 amide bonds. The van der Waals surface area contributed by atoms with Gasteiger partial charge in [-0.1, -0.05) is 13.8 Å². The number of piperidine rings is 1. The number of aliphatic hydroxyl groups is 1. The van der Waals surface area contributed by atoms with Crippen molar-refractivity contribution in [3.63, 3.8) is 0 Å². The molecule has 1 atom stereocenters. The van der Waals surface area contributed by atoms with E-state index in [1.807, 2.05) is 7.05 Å². The minimum absolute atomic E-state index is 0.331. The molecule has 1 saturated heterocycles. The summed E-state index contributed by atoms with van der Waals surface area (Å²) in [5.41, 5.74) is -0.986. The lowest BCUT2D eigenvalue weighted by molar-refractivity contribution is -0.120. The summed E-state index contributed by atoms with van der Waals surface area (Å²) in [6.45, 7) is 6.23. The maximum atomic E-state index is 11.0. The van der Waals surface area contributed by atoms with Crippen LogP contribution < -0.4 is 0 Å². The number of hydrogen-bond acceptors (Lipinski definition) is 3. The predicted octanol–water partition coefficient (Wildman–Crippen LogP) is 2.55. The van der Waals surface area contributed by atoms with Crippen molar-refractivity contribution in [2.45, 2.75) is 58.0 Å². The molecule has 0 aromatic heterocycles. The van der Waals surface area contributed by atoms with Crippen LogP contribution in [0.15, 0.2) is 0 Å². The highest BCUT2D eigenvalue weighted by atomic mass is 16.3. The molecular weight excluding hydrogens is 224 g/mol. The van der Waals surface area contributed by atoms with Gasteiger partial charge in [0.1, 0.15) is 0 Å². The van der Waals surface area contributed by atoms with E-state index < -0.39 is 11.0 Å². The molecule has 1 aliphatic carbocycles. The van der Waals surface area contributed by atoms with Crippen molar-refractivity contribution in [3.8, 4) is 6.07 Å². The molecule has 0 spiro atoms. The zero-order valence-electron chi connectivity index (χ0n) is 12.0. The molecule has 1 saturated carbocycles. The first-order valence-corrected chi connectivity index (χ1v) is 7.15. The number of rotatable bonds is 1. The minimum atomic E-state index is -0.800. The van der Waals surface area contributed by atoms with E-state index in [0.717, 1.165) is 45.1 Å². The summed E-state index contributed by atoms with van der Waals surface area (Å²) < 4.78 is 0. The van der Waals surface area contributed by atoms with Gasteiger partial charge < -0.3 is 10.0 Å². The molecular formula is C15H26N2O. The molecule has 3 nitrogen and oxygen atoms in total. The van der Waals surface area contributed by atoms with E-state index in [2.05, 4.69) is 24.8 Å². The standard InChI is InChI=1S/C15H26N2O/c1-13(2)6-8-14(11-16,9-7-13)15(18)5-4-10-17(3)12-15/h18H,4-10,12H2,1-3H3. The van der Waals surface area contributed by atoms with Gasteiger partial charge >= 0.3 is 0 Å². The molecule has 102 valence electrons. The molecule has 0 aromatic rings. The van der Waals surface area contributed by atoms with Crippen molar-refractivity contribution in [3.05, 3.63) is 0 Å². The summed E-state index contributed by atoms with van der Waals surface area (Å²) in [6, 6.07) is 2.51. The van der Waals surface area contributed by atoms with Crippen molar-refractivity contribution >= 4 is 0 Å². The van der Waals surface area contributed by atoms with Crippen molar-refractivity contribution in [1.29, 1.82) is 5.26 Å². The Labute approximate surface area is 111 Å². The van der Waals surface area contributed by atoms with Gasteiger partial charge in [-0.15, -0.1) is 0 Å². The molecule has 1 unspecified atom stereocenters. The summed E-state index contributed by atoms with van der Waals surface area (Å²) in [7, 11) is 2.04. The highest BCUT2D eigenvalue weighted by molar-refractivity contribution is 5.15. The molecule has 1 aliphatic heterocycles. The van der Waals surface area contributed by atoms with Crippen molar-refractivity contribution < 1.29 is 5.11 Å². The van der Waals surface area contributed by atoms with E-state index in [1.54, 1.807) is 0 Å². The molecule has 0 radical (unpaired) electrons. The first kappa shape index (κ1) is 13.8. The highest BCUT2D eigenvalue weighted by Gasteiger charge is 2.54. The van der Waals surface area contributed by atoms with Gasteiger partial charge in [-0.05, 0) is 57.5 Å². The molecule has 2 fully saturated rings. The normalized spacial score (nSPS) is 35.9. The van der Waals surface area contributed by atoms with Crippen LogP contribution in [0.5, 0.6) is 0 Å². The van der Waals surface area contributed by atoms with Crippen LogP contribution in [0.4, 0.5) is 0 Å². The number of nitriles is 1. The summed E-state index contributed by atoms with van der Waals surface area (Å²) >= 11 is 0. The van der Waals surface area contributed by atoms with Crippen LogP contribution in [0.3, 0.4) is 0 Å². The number of likely N-dealkylation sites (tertiary alicyclic amines) is 1. The van der Waals surface area contributed by atoms with Gasteiger partial charge in [0.05, 0.1) is 17.1 Å². The lowest BCUT2D eigenvalue weighted by Gasteiger charge is -2.51. The van der Waals surface area contributed by atoms with Crippen molar-refractivity contribution in [2.24, 2.45) is 10.8 Å². The maximum absolute atomic E-state index is 11.0. The Hall–Kier alpha value is -0.590. The van der Waals surface area contributed by atoms with Crippen LogP contribution in [-0.2, 0) is 0 Å². The zero-order valence-corrected chi connectivity index (χ0v) is 12.0. The second-order valence-corrected chi connectivity index (χ2v) is 7.23. The van der Waals surface area contributed by atoms with Gasteiger partial charge in [0, 0.05) is 6.54 Å². The van der Waals surface area contributed by atoms with E-state index in [1.165, 1.54) is 0 Å². The van der Waals surface area contributed by atoms with E-state index in [-0.39, 0.29) is 0 Å². The fourth-order valence-electron chi connectivity index (χ4n) is 3.67. The molecule has 1 heterocycles. The molecule has 0 bridgehead atoms. The van der Waals surface area contributed by atoms with E-state index in [0.29, 0.717) is 12.0 Å². The average molecular weight is 250 g/mol. The van der Waals surface area contributed by atoms with Crippen molar-refractivity contribution in [2.75, 3.05) is 20.1 Å². The van der Waals surface area contributed by atoms with Crippen LogP contribution >= 0.6 is 0 Å². The Morgan fingerprint density at radius 3 is 2.22 bits per heavy atom. The molecule has 1 N–H and O–H groups in total. The van der Waals surface area contributed by atoms with E-state index >= 15 is 0 Å². The second kappa shape index (κ2) is 4.51. The molecule has 18 heavy (non-hydrogen) atoms. The van der Waals surface area contributed by atoms with Gasteiger partial charge in [-0.25, -0.2) is 0 Å². The third kappa shape index (κ3) is 2.29. The molecule has 2 rings (SSSR count). The zero-order chi connectivity index (χ0) is 13.4. The third-order valence-corrected chi connectivity index (χ3v) is 5.22. The first-order valence-electron chi connectivity index (χ1n) is 7.15. The topological polar surface area (TPSA) is 47.3 Å². The van der Waals surface area contributed by atoms with Gasteiger partial charge in [0.25, 0.3) is 0 Å². The largest absolute Gasteiger partial charge is 0.387 e. The maximum Gasteiger partial charge on any atom is 0.0959 e. The fraction of sp³-hybridized carbons (Fsp3) is 0.933. The van der Waals surface area contributed by atoms with Crippen LogP contribution in [0, 0.1) is 22.2 Å². The number of likely N-dealkylation sites (N-methyl/N-ethyl adjacent to an activating group) is 1. The van der Waals surface area contributed by atoms with Crippen molar-refractivity contribution in [1.82, 2.24) is 4.90 Å². The summed E-state index contributed by atoms with van der Waals surface area (Å²) in [6.07, 6.45) is 5.58. The van der Waals surface area contributed by atoms with E-state index in [4.69, 9.17) is 0 Å². The SMILES string of the molecule is CN1CCCC(O)(C2(C#N)CCC(C)(C)CC2)C1. The Morgan fingerprint density at radius 2 is 1.72 bits per heavy atom. The smallest absolute Gasteiger partial charge is 0.0959 e. The summed E-state index contributed by atoms with van der Waals surface area (Å²) in [5.74, 6) is 0. The van der Waals surface area contributed by atoms with Gasteiger partial charge in [-0.3, -0.25) is 0 Å². The lowest BCUT2D eigenvalue weighted by atomic mass is 9.57. The minimum Gasteiger partial charge on any atom is -0.387 e. The number of hydrogen-bond donors (Lipinski definition) is 1. The molecule has 2 aliphatic rings. The quantitative estimate of drug-likeness (QED) is 0.778. The van der Waals surface area contributed by atoms with Gasteiger partial charge in [-0.2, -0.15) is 5.26 Å². The third-order valence-electron chi connectivity index (χ3n) is 5.22. The first-order chi connectivity index (χ1) is 8.33. The predicted molar refractivity (Wildman–Crippen MR) is 72.0 cm³/mol. The molecule has 0 aromatic carbocycles. The second-order valence-electron chi connectivity index (χ2n) is 7.23. The Morgan fingerprint density at radius 1 is 1.11 bits per heavy atom. The summed E-state index contributed by atoms with van der Waals surface area (Å²) in [4.78, 5) is 2.17. The Bertz CT molecular complexity index is 348. The lowest BCUT2D eigenvalue weighted by Crippen LogP contribution is -2.58. The summed E-state index contributed by atoms with van der Waals surface area (Å²) in [5, 5.41) is 20.7. The van der Waals surface area contributed by atoms with Gasteiger partial charge in [0.2, 0.25) is 0 Å². The van der Waals surface area contributed by atoms with Crippen LogP contribution in [0.2, 0.25) is 0 Å². The average Bonchev–Trinajstić information content (AvgIpc) is 2.29. The van der Waals surface area contributed by atoms with E-state index in [9.17, 15) is 10.4 Å². The molecule has 3 heteroatoms. The number of nitrogens with zero attached hydrogens (tertiary/aromatic N) is 2. The number of β-amino-alcohol motifs (C(OH)–C–C–N with tert-alkyl or cyclic N) is 1. The Kier molecular flexibility index (Phi) is 3.46. The highest BCUT2D eigenvalue weighted by Crippen LogP contribution is 2.52. The van der Waals surface area contributed by atoms with Crippen LogP contribution in [0.1, 0.15) is 52.4 Å². The van der Waals surface area contributed by atoms with Crippen LogP contribution in [0.25, 0.3) is 0 Å². The monoisotopic (exact) mass is 250 g/mol. The van der Waals surface area contributed by atoms with Crippen LogP contribution in [-0.4, -0.2) is 35.7 Å². The fourth-order valence-corrected chi connectivity index (χ4v) is 3.67. The van der Waals surface area contributed by atoms with Gasteiger partial charge in [0.15, 0.2) is 0 Å².